The van der Waals surface area contributed by atoms with E-state index >= 15 is 17.6 Å². The fourth-order valence-electron chi connectivity index (χ4n) is 10.2. The molecule has 82 heavy (non-hydrogen) atoms. The largest absolute Gasteiger partial charge is 0.497 e. The molecule has 5 aromatic carbocycles. The number of alkyl halides is 3. The third-order valence-corrected chi connectivity index (χ3v) is 14.8. The maximum atomic E-state index is 18.5. The summed E-state index contributed by atoms with van der Waals surface area (Å²) in [5, 5.41) is -0.403. The molecule has 0 fully saturated rings. The van der Waals surface area contributed by atoms with Crippen LogP contribution in [0.3, 0.4) is 0 Å². The Morgan fingerprint density at radius 3 is 1.74 bits per heavy atom. The number of anilines is 3. The summed E-state index contributed by atoms with van der Waals surface area (Å²) >= 11 is 7.37. The highest BCUT2D eigenvalue weighted by molar-refractivity contribution is 6.36. The van der Waals surface area contributed by atoms with Gasteiger partial charge in [0, 0.05) is 63.8 Å². The van der Waals surface area contributed by atoms with E-state index in [4.69, 9.17) is 55.0 Å². The van der Waals surface area contributed by atoms with Gasteiger partial charge in [0.25, 0.3) is 0 Å². The molecule has 0 bridgehead atoms. The number of pyridine rings is 2. The Labute approximate surface area is 477 Å². The number of hydrogen-bond acceptors (Lipinski definition) is 14. The first-order valence-corrected chi connectivity index (χ1v) is 26.8. The van der Waals surface area contributed by atoms with Crippen LogP contribution < -0.4 is 43.1 Å². The summed E-state index contributed by atoms with van der Waals surface area (Å²) in [6.07, 6.45) is 0.493. The lowest BCUT2D eigenvalue weighted by molar-refractivity contribution is -0.137. The molecule has 0 amide bonds. The lowest BCUT2D eigenvalue weighted by atomic mass is 9.98. The van der Waals surface area contributed by atoms with Crippen molar-refractivity contribution in [1.29, 1.82) is 0 Å². The van der Waals surface area contributed by atoms with Gasteiger partial charge in [-0.3, -0.25) is 0 Å². The zero-order valence-electron chi connectivity index (χ0n) is 46.3. The van der Waals surface area contributed by atoms with Crippen LogP contribution in [-0.4, -0.2) is 77.7 Å². The molecule has 5 heterocycles. The summed E-state index contributed by atoms with van der Waals surface area (Å²) in [7, 11) is 8.21. The number of halogens is 5. The quantitative estimate of drug-likeness (QED) is 0.0632. The van der Waals surface area contributed by atoms with Gasteiger partial charge in [-0.15, -0.1) is 0 Å². The number of rotatable bonds is 21. The molecule has 1 atom stereocenters. The van der Waals surface area contributed by atoms with Crippen molar-refractivity contribution in [3.8, 4) is 46.0 Å². The maximum absolute atomic E-state index is 18.5. The second-order valence-corrected chi connectivity index (χ2v) is 20.1. The van der Waals surface area contributed by atoms with E-state index in [0.717, 1.165) is 39.3 Å². The number of nitrogens with zero attached hydrogens (tertiary/aromatic N) is 9. The van der Waals surface area contributed by atoms with Crippen molar-refractivity contribution in [2.24, 2.45) is 7.05 Å². The SMILES string of the molecule is COc1ccc(CN(Cc2ccc(OC)cc2)c2cc(C)c(C(F)(F)F)c(-c3c(Cl)c4c5c(nc(OCCc6nccn6C)nc5c3F)N([C@H](C)c3cccnc3N(Cc3ccc(OC)cc3)Cc3ccc(OC)cc3)CCO4)n2)cc1. The van der Waals surface area contributed by atoms with Crippen LogP contribution in [0.2, 0.25) is 5.02 Å². The summed E-state index contributed by atoms with van der Waals surface area (Å²) in [5.41, 5.74) is 1.19. The summed E-state index contributed by atoms with van der Waals surface area (Å²) < 4.78 is 102. The van der Waals surface area contributed by atoms with E-state index in [0.29, 0.717) is 42.7 Å². The smallest absolute Gasteiger partial charge is 0.418 e. The molecule has 0 saturated heterocycles. The van der Waals surface area contributed by atoms with Gasteiger partial charge in [0.1, 0.15) is 58.4 Å². The fourth-order valence-corrected chi connectivity index (χ4v) is 10.5. The van der Waals surface area contributed by atoms with Crippen molar-refractivity contribution in [2.45, 2.75) is 58.7 Å². The van der Waals surface area contributed by atoms with Gasteiger partial charge >= 0.3 is 12.2 Å². The van der Waals surface area contributed by atoms with Crippen LogP contribution >= 0.6 is 11.6 Å². The normalized spacial score (nSPS) is 12.6. The zero-order chi connectivity index (χ0) is 57.7. The maximum Gasteiger partial charge on any atom is 0.418 e. The average Bonchev–Trinajstić information content (AvgIpc) is 3.88. The minimum Gasteiger partial charge on any atom is -0.497 e. The van der Waals surface area contributed by atoms with Gasteiger partial charge in [0.05, 0.1) is 74.9 Å². The second kappa shape index (κ2) is 24.5. The lowest BCUT2D eigenvalue weighted by Crippen LogP contribution is -2.33. The van der Waals surface area contributed by atoms with Crippen LogP contribution in [0.5, 0.6) is 34.8 Å². The number of hydrogen-bond donors (Lipinski definition) is 0. The highest BCUT2D eigenvalue weighted by Gasteiger charge is 2.41. The van der Waals surface area contributed by atoms with E-state index in [1.165, 1.54) is 13.0 Å². The van der Waals surface area contributed by atoms with Gasteiger partial charge in [0.2, 0.25) is 0 Å². The van der Waals surface area contributed by atoms with Gasteiger partial charge in [-0.2, -0.15) is 23.1 Å². The molecule has 0 aliphatic carbocycles. The monoisotopic (exact) mass is 1140 g/mol. The molecule has 4 aromatic heterocycles. The van der Waals surface area contributed by atoms with Gasteiger partial charge < -0.3 is 47.7 Å². The Morgan fingerprint density at radius 1 is 0.707 bits per heavy atom. The molecule has 9 aromatic rings. The van der Waals surface area contributed by atoms with E-state index in [1.807, 2.05) is 113 Å². The number of imidazole rings is 1. The predicted octanol–water partition coefficient (Wildman–Crippen LogP) is 13.0. The summed E-state index contributed by atoms with van der Waals surface area (Å²) in [5.74, 6) is 3.04. The Kier molecular flexibility index (Phi) is 16.9. The third-order valence-electron chi connectivity index (χ3n) is 14.5. The van der Waals surface area contributed by atoms with Crippen molar-refractivity contribution in [1.82, 2.24) is 29.5 Å². The van der Waals surface area contributed by atoms with Gasteiger partial charge in [0.15, 0.2) is 11.6 Å². The van der Waals surface area contributed by atoms with Crippen LogP contribution in [0.15, 0.2) is 134 Å². The number of ether oxygens (including phenoxy) is 6. The minimum atomic E-state index is -5.03. The van der Waals surface area contributed by atoms with E-state index < -0.39 is 39.9 Å². The molecule has 1 aliphatic rings. The van der Waals surface area contributed by atoms with Crippen LogP contribution in [0.1, 0.15) is 57.7 Å². The second-order valence-electron chi connectivity index (χ2n) is 19.7. The zero-order valence-corrected chi connectivity index (χ0v) is 47.1. The molecule has 15 nitrogen and oxygen atoms in total. The summed E-state index contributed by atoms with van der Waals surface area (Å²) in [4.78, 5) is 29.7. The van der Waals surface area contributed by atoms with Gasteiger partial charge in [-0.25, -0.2) is 19.3 Å². The molecule has 20 heteroatoms. The molecule has 10 rings (SSSR count). The minimum absolute atomic E-state index is 0.0223. The molecule has 424 valence electrons. The van der Waals surface area contributed by atoms with E-state index in [1.54, 1.807) is 71.3 Å². The van der Waals surface area contributed by atoms with Crippen molar-refractivity contribution in [2.75, 3.05) is 62.9 Å². The van der Waals surface area contributed by atoms with Gasteiger partial charge in [-0.1, -0.05) is 66.2 Å². The standard InChI is InChI=1S/C62H60ClF4N9O6/c1-38-33-50(74(34-40-10-18-44(77-4)19-11-40)35-41-12-20-45(78-5)21-13-41)70-56(53(38)62(65,66)67)51-54(63)58-52-57(55(51)64)71-61(82-31-26-49-68-28-29-73(49)3)72-60(52)76(30-32-81-58)39(2)48-9-8-27-69-59(48)75(36-42-14-22-46(79-6)23-15-42)37-43-16-24-47(80-7)25-17-43/h8-25,27-29,33,39H,26,30-32,34-37H2,1-7H3/t39-/m1/s1. The first kappa shape index (κ1) is 56.4. The van der Waals surface area contributed by atoms with E-state index in [-0.39, 0.29) is 72.7 Å². The van der Waals surface area contributed by atoms with Crippen molar-refractivity contribution in [3.63, 3.8) is 0 Å². The Balaban J connectivity index is 1.13. The fraction of sp³-hybridized carbons (Fsp3) is 0.274. The van der Waals surface area contributed by atoms with Crippen LogP contribution in [0.25, 0.3) is 22.2 Å². The Bertz CT molecular complexity index is 3590. The highest BCUT2D eigenvalue weighted by Crippen LogP contribution is 2.51. The van der Waals surface area contributed by atoms with Crippen LogP contribution in [0, 0.1) is 12.7 Å². The first-order chi connectivity index (χ1) is 39.6. The van der Waals surface area contributed by atoms with Crippen LogP contribution in [-0.2, 0) is 45.8 Å². The molecule has 1 aliphatic heterocycles. The lowest BCUT2D eigenvalue weighted by Gasteiger charge is -2.33. The van der Waals surface area contributed by atoms with Crippen molar-refractivity contribution >= 4 is 40.0 Å². The number of benzene rings is 5. The first-order valence-electron chi connectivity index (χ1n) is 26.4. The molecular weight excluding hydrogens is 1080 g/mol. The molecule has 0 spiro atoms. The van der Waals surface area contributed by atoms with Crippen molar-refractivity contribution < 1.29 is 46.0 Å². The Morgan fingerprint density at radius 2 is 1.24 bits per heavy atom. The van der Waals surface area contributed by atoms with Crippen LogP contribution in [0.4, 0.5) is 35.0 Å². The number of aromatic nitrogens is 6. The number of aryl methyl sites for hydroxylation is 2. The van der Waals surface area contributed by atoms with Crippen molar-refractivity contribution in [3.05, 3.63) is 189 Å². The third kappa shape index (κ3) is 12.1. The molecular formula is C62H60ClF4N9O6. The predicted molar refractivity (Wildman–Crippen MR) is 307 cm³/mol. The van der Waals surface area contributed by atoms with E-state index in [9.17, 15) is 0 Å². The molecule has 0 saturated carbocycles. The summed E-state index contributed by atoms with van der Waals surface area (Å²) in [6.45, 7) is 4.70. The Hall–Kier alpha value is -8.84. The highest BCUT2D eigenvalue weighted by atomic mass is 35.5. The topological polar surface area (TPSA) is 134 Å². The average molecular weight is 1140 g/mol. The number of methoxy groups -OCH3 is 4. The molecule has 0 radical (unpaired) electrons. The van der Waals surface area contributed by atoms with Gasteiger partial charge in [-0.05, 0) is 102 Å². The molecule has 0 unspecified atom stereocenters. The van der Waals surface area contributed by atoms with E-state index in [2.05, 4.69) is 14.9 Å². The molecule has 0 N–H and O–H groups in total. The summed E-state index contributed by atoms with van der Waals surface area (Å²) in [6, 6.07) is 34.6.